The third kappa shape index (κ3) is 14.1. The van der Waals surface area contributed by atoms with Crippen LogP contribution in [0.4, 0.5) is 0 Å². The van der Waals surface area contributed by atoms with Gasteiger partial charge in [0.05, 0.1) is 32.9 Å². The summed E-state index contributed by atoms with van der Waals surface area (Å²) in [6.45, 7) is 25.4. The Balaban J connectivity index is 0.000000476. The van der Waals surface area contributed by atoms with Crippen LogP contribution in [0.2, 0.25) is 0 Å². The molecule has 0 aliphatic rings. The number of hydrogen-bond acceptors (Lipinski definition) is 12. The van der Waals surface area contributed by atoms with Crippen LogP contribution in [0, 0.1) is 58.3 Å². The molecule has 6 aromatic heterocycles. The first-order valence-corrected chi connectivity index (χ1v) is 18.0. The minimum absolute atomic E-state index is 0. The van der Waals surface area contributed by atoms with Gasteiger partial charge in [-0.25, -0.2) is 9.97 Å². The van der Waals surface area contributed by atoms with Crippen molar-refractivity contribution in [3.8, 4) is 45.6 Å². The average Bonchev–Trinajstić information content (AvgIpc) is 3.89. The molecule has 0 radical (unpaired) electrons. The maximum Gasteiger partial charge on any atom is 1.00 e. The second-order valence-corrected chi connectivity index (χ2v) is 14.1. The Morgan fingerprint density at radius 2 is 0.586 bits per heavy atom. The van der Waals surface area contributed by atoms with Gasteiger partial charge in [-0.2, -0.15) is 20.4 Å². The minimum atomic E-state index is -1.75. The Bertz CT molecular complexity index is 1940. The molecule has 320 valence electrons. The van der Waals surface area contributed by atoms with Crippen molar-refractivity contribution in [2.75, 3.05) is 0 Å². The molecule has 0 aliphatic carbocycles. The predicted octanol–water partition coefficient (Wildman–Crippen LogP) is 8.69. The summed E-state index contributed by atoms with van der Waals surface area (Å²) in [5.41, 5.74) is 11.7. The molecule has 20 heteroatoms. The third-order valence-corrected chi connectivity index (χ3v) is 8.19. The Labute approximate surface area is 369 Å². The summed E-state index contributed by atoms with van der Waals surface area (Å²) >= 11 is 0. The zero-order valence-electron chi connectivity index (χ0n) is 34.5. The van der Waals surface area contributed by atoms with E-state index in [2.05, 4.69) is 107 Å². The van der Waals surface area contributed by atoms with Crippen molar-refractivity contribution in [2.24, 2.45) is 0 Å². The standard InChI is InChI=1S/2C19H25N5.2Ag.2NO3/c2*1-12(2)23-14(5)10-18(21-23)16-8-7-9-17(20-16)19-11-15(6)24(22-19)13(3)4;;;2*2-1(3)4/h2*7-13H,1-6H3;;;;/q;;2*+1;2*-1. The Morgan fingerprint density at radius 1 is 0.414 bits per heavy atom. The molecule has 6 rings (SSSR count). The predicted molar refractivity (Wildman–Crippen MR) is 215 cm³/mol. The van der Waals surface area contributed by atoms with Gasteiger partial charge in [-0.1, -0.05) is 12.1 Å². The van der Waals surface area contributed by atoms with Crippen LogP contribution >= 0.6 is 0 Å². The molecular weight excluding hydrogens is 936 g/mol. The molecule has 6 heterocycles. The number of pyridine rings is 2. The van der Waals surface area contributed by atoms with Crippen LogP contribution in [-0.4, -0.2) is 59.3 Å². The van der Waals surface area contributed by atoms with E-state index in [1.54, 1.807) is 0 Å². The van der Waals surface area contributed by atoms with E-state index in [0.717, 1.165) is 68.3 Å². The first kappa shape index (κ1) is 51.0. The van der Waals surface area contributed by atoms with E-state index in [4.69, 9.17) is 61.0 Å². The van der Waals surface area contributed by atoms with Gasteiger partial charge >= 0.3 is 44.8 Å². The van der Waals surface area contributed by atoms with E-state index < -0.39 is 10.2 Å². The van der Waals surface area contributed by atoms with Gasteiger partial charge in [-0.05, 0) is 132 Å². The molecule has 0 saturated carbocycles. The number of rotatable bonds is 8. The Kier molecular flexibility index (Phi) is 20.1. The molecule has 0 atom stereocenters. The molecule has 6 aromatic rings. The largest absolute Gasteiger partial charge is 1.00 e. The molecule has 0 amide bonds. The number of aryl methyl sites for hydroxylation is 4. The summed E-state index contributed by atoms with van der Waals surface area (Å²) in [4.78, 5) is 26.1. The van der Waals surface area contributed by atoms with Gasteiger partial charge in [-0.15, -0.1) is 0 Å². The average molecular weight is 987 g/mol. The van der Waals surface area contributed by atoms with Crippen molar-refractivity contribution in [3.05, 3.63) is 114 Å². The summed E-state index contributed by atoms with van der Waals surface area (Å²) in [5, 5.41) is 48.3. The van der Waals surface area contributed by atoms with Crippen LogP contribution < -0.4 is 0 Å². The Morgan fingerprint density at radius 3 is 0.724 bits per heavy atom. The fourth-order valence-corrected chi connectivity index (χ4v) is 5.98. The molecule has 0 N–H and O–H groups in total. The number of nitrogens with zero attached hydrogens (tertiary/aromatic N) is 12. The van der Waals surface area contributed by atoms with Crippen molar-refractivity contribution in [1.82, 2.24) is 49.1 Å². The van der Waals surface area contributed by atoms with Gasteiger partial charge in [0.15, 0.2) is 0 Å². The normalized spacial score (nSPS) is 10.5. The summed E-state index contributed by atoms with van der Waals surface area (Å²) in [5.74, 6) is 0. The van der Waals surface area contributed by atoms with Gasteiger partial charge in [0.2, 0.25) is 0 Å². The van der Waals surface area contributed by atoms with Gasteiger partial charge in [0.25, 0.3) is 0 Å². The molecule has 0 unspecified atom stereocenters. The zero-order chi connectivity index (χ0) is 42.0. The molecule has 18 nitrogen and oxygen atoms in total. The Hall–Kier alpha value is -4.98. The maximum absolute atomic E-state index is 8.25. The van der Waals surface area contributed by atoms with Crippen LogP contribution in [-0.2, 0) is 44.8 Å². The third-order valence-electron chi connectivity index (χ3n) is 8.19. The zero-order valence-corrected chi connectivity index (χ0v) is 37.5. The fraction of sp³-hybridized carbons (Fsp3) is 0.421. The van der Waals surface area contributed by atoms with Gasteiger partial charge in [0.1, 0.15) is 22.8 Å². The molecule has 0 spiro atoms. The minimum Gasteiger partial charge on any atom is -0.356 e. The molecule has 0 aliphatic heterocycles. The van der Waals surface area contributed by atoms with Gasteiger partial charge < -0.3 is 30.6 Å². The van der Waals surface area contributed by atoms with E-state index in [-0.39, 0.29) is 44.8 Å². The number of aromatic nitrogens is 10. The summed E-state index contributed by atoms with van der Waals surface area (Å²) in [6.07, 6.45) is 0. The van der Waals surface area contributed by atoms with Gasteiger partial charge in [0, 0.05) is 46.9 Å². The molecule has 0 bridgehead atoms. The summed E-state index contributed by atoms with van der Waals surface area (Å²) < 4.78 is 8.12. The summed E-state index contributed by atoms with van der Waals surface area (Å²) in [6, 6.07) is 21.8. The topological polar surface area (TPSA) is 229 Å². The van der Waals surface area contributed by atoms with E-state index >= 15 is 0 Å². The van der Waals surface area contributed by atoms with Crippen LogP contribution in [0.15, 0.2) is 60.7 Å². The quantitative estimate of drug-likeness (QED) is 0.0792. The summed E-state index contributed by atoms with van der Waals surface area (Å²) in [7, 11) is 0. The van der Waals surface area contributed by atoms with Crippen molar-refractivity contribution < 1.29 is 54.9 Å². The molecular formula is C38H50Ag2N12O6. The van der Waals surface area contributed by atoms with Crippen molar-refractivity contribution in [2.45, 2.75) is 107 Å². The maximum atomic E-state index is 8.25. The molecule has 0 aromatic carbocycles. The van der Waals surface area contributed by atoms with Crippen LogP contribution in [0.1, 0.15) is 102 Å². The van der Waals surface area contributed by atoms with Crippen LogP contribution in [0.3, 0.4) is 0 Å². The molecule has 0 saturated heterocycles. The fourth-order valence-electron chi connectivity index (χ4n) is 5.98. The smallest absolute Gasteiger partial charge is 0.356 e. The number of hydrogen-bond donors (Lipinski definition) is 0. The van der Waals surface area contributed by atoms with Crippen molar-refractivity contribution in [1.29, 1.82) is 0 Å². The monoisotopic (exact) mass is 984 g/mol. The van der Waals surface area contributed by atoms with Gasteiger partial charge in [-0.3, -0.25) is 18.7 Å². The van der Waals surface area contributed by atoms with Crippen molar-refractivity contribution in [3.63, 3.8) is 0 Å². The molecule has 58 heavy (non-hydrogen) atoms. The first-order valence-electron chi connectivity index (χ1n) is 18.0. The van der Waals surface area contributed by atoms with Crippen LogP contribution in [0.5, 0.6) is 0 Å². The van der Waals surface area contributed by atoms with E-state index in [1.807, 2.05) is 55.1 Å². The second kappa shape index (κ2) is 22.8. The molecule has 0 fully saturated rings. The van der Waals surface area contributed by atoms with E-state index in [9.17, 15) is 0 Å². The SMILES string of the molecule is Cc1cc(-c2cccc(-c3cc(C)n(C(C)C)n3)n2)nn1C(C)C.Cc1cc(-c2cccc(-c3cc(C)n(C(C)C)n3)n2)nn1C(C)C.O=[N+]([O-])[O-].O=[N+]([O-])[O-].[Ag+].[Ag+]. The van der Waals surface area contributed by atoms with E-state index in [0.29, 0.717) is 24.2 Å². The van der Waals surface area contributed by atoms with E-state index in [1.165, 1.54) is 0 Å². The van der Waals surface area contributed by atoms with Crippen LogP contribution in [0.25, 0.3) is 45.6 Å². The second-order valence-electron chi connectivity index (χ2n) is 14.1. The first-order chi connectivity index (χ1) is 26.2. The van der Waals surface area contributed by atoms with Crippen molar-refractivity contribution >= 4 is 0 Å².